The summed E-state index contributed by atoms with van der Waals surface area (Å²) in [4.78, 5) is 20.0. The van der Waals surface area contributed by atoms with Crippen LogP contribution in [0.5, 0.6) is 0 Å². The lowest BCUT2D eigenvalue weighted by Crippen LogP contribution is -2.16. The van der Waals surface area contributed by atoms with E-state index in [1.54, 1.807) is 97.1 Å². The molecule has 4 rings (SSSR count). The second-order valence-corrected chi connectivity index (χ2v) is 14.0. The van der Waals surface area contributed by atoms with Gasteiger partial charge in [0.25, 0.3) is 14.7 Å². The molecule has 6 nitrogen and oxygen atoms in total. The molecule has 0 saturated heterocycles. The van der Waals surface area contributed by atoms with Gasteiger partial charge in [0.15, 0.2) is 0 Å². The second kappa shape index (κ2) is 15.7. The fraction of sp³-hybridized carbons (Fsp3) is 0.226. The second-order valence-electron chi connectivity index (χ2n) is 9.64. The van der Waals surface area contributed by atoms with Crippen molar-refractivity contribution in [2.24, 2.45) is 5.41 Å². The van der Waals surface area contributed by atoms with E-state index in [0.717, 1.165) is 12.8 Å². The Kier molecular flexibility index (Phi) is 13.0. The van der Waals surface area contributed by atoms with Crippen LogP contribution in [0.3, 0.4) is 0 Å². The molecular weight excluding hydrogens is 530 g/mol. The van der Waals surface area contributed by atoms with Crippen LogP contribution in [0.4, 0.5) is 0 Å². The molecule has 39 heavy (non-hydrogen) atoms. The molecule has 0 amide bonds. The molecule has 0 aliphatic rings. The van der Waals surface area contributed by atoms with Crippen LogP contribution in [-0.4, -0.2) is 33.2 Å². The molecule has 0 heterocycles. The van der Waals surface area contributed by atoms with E-state index >= 15 is 0 Å². The minimum absolute atomic E-state index is 0.0112. The highest BCUT2D eigenvalue weighted by Gasteiger charge is 2.23. The highest BCUT2D eigenvalue weighted by molar-refractivity contribution is 7.73. The lowest BCUT2D eigenvalue weighted by atomic mass is 9.89. The van der Waals surface area contributed by atoms with Gasteiger partial charge in [-0.2, -0.15) is 0 Å². The van der Waals surface area contributed by atoms with Gasteiger partial charge >= 0.3 is 0 Å². The predicted octanol–water partition coefficient (Wildman–Crippen LogP) is 4.59. The lowest BCUT2D eigenvalue weighted by molar-refractivity contribution is 0.138. The normalized spacial score (nSPS) is 11.4. The number of rotatable bonds is 8. The summed E-state index contributed by atoms with van der Waals surface area (Å²) in [5.74, 6) is 0. The first-order valence-electron chi connectivity index (χ1n) is 12.6. The van der Waals surface area contributed by atoms with Crippen LogP contribution in [0.2, 0.25) is 0 Å². The van der Waals surface area contributed by atoms with Crippen molar-refractivity contribution in [3.8, 4) is 0 Å². The Morgan fingerprint density at radius 2 is 0.795 bits per heavy atom. The largest absolute Gasteiger partial charge is 0.396 e. The summed E-state index contributed by atoms with van der Waals surface area (Å²) < 4.78 is 24.3. The van der Waals surface area contributed by atoms with Crippen LogP contribution in [-0.2, 0) is 9.13 Å². The first-order chi connectivity index (χ1) is 18.5. The van der Waals surface area contributed by atoms with Crippen molar-refractivity contribution in [1.29, 1.82) is 0 Å². The molecule has 0 radical (unpaired) electrons. The maximum atomic E-state index is 12.2. The molecule has 8 heteroatoms. The Morgan fingerprint density at radius 1 is 0.538 bits per heavy atom. The Labute approximate surface area is 231 Å². The van der Waals surface area contributed by atoms with Crippen molar-refractivity contribution in [1.82, 2.24) is 0 Å². The van der Waals surface area contributed by atoms with Crippen molar-refractivity contribution in [3.63, 3.8) is 0 Å². The molecule has 0 aliphatic carbocycles. The number of aliphatic hydroxyl groups is 2. The van der Waals surface area contributed by atoms with Crippen molar-refractivity contribution in [3.05, 3.63) is 121 Å². The summed E-state index contributed by atoms with van der Waals surface area (Å²) in [5, 5.41) is 19.1. The molecule has 0 bridgehead atoms. The summed E-state index contributed by atoms with van der Waals surface area (Å²) in [6, 6.07) is 34.8. The fourth-order valence-corrected chi connectivity index (χ4v) is 6.36. The molecule has 0 spiro atoms. The summed E-state index contributed by atoms with van der Waals surface area (Å²) in [6.45, 7) is 4.40. The van der Waals surface area contributed by atoms with Gasteiger partial charge in [-0.25, -0.2) is 0 Å². The smallest absolute Gasteiger partial charge is 0.258 e. The van der Waals surface area contributed by atoms with E-state index in [1.807, 2.05) is 38.1 Å². The summed E-state index contributed by atoms with van der Waals surface area (Å²) in [6.07, 6.45) is 1.67. The van der Waals surface area contributed by atoms with E-state index in [0.29, 0.717) is 21.2 Å². The minimum Gasteiger partial charge on any atom is -0.396 e. The monoisotopic (exact) mass is 568 g/mol. The van der Waals surface area contributed by atoms with Gasteiger partial charge in [-0.15, -0.1) is 0 Å². The molecule has 208 valence electrons. The first kappa shape index (κ1) is 32.4. The molecule has 0 saturated carbocycles. The highest BCUT2D eigenvalue weighted by atomic mass is 31.2. The molecular formula is C31H38O6P2. The predicted molar refractivity (Wildman–Crippen MR) is 161 cm³/mol. The van der Waals surface area contributed by atoms with Gasteiger partial charge in [0.1, 0.15) is 0 Å². The van der Waals surface area contributed by atoms with E-state index in [4.69, 9.17) is 10.2 Å². The molecule has 4 aromatic rings. The van der Waals surface area contributed by atoms with Crippen LogP contribution >= 0.6 is 14.7 Å². The Bertz CT molecular complexity index is 1130. The van der Waals surface area contributed by atoms with Gasteiger partial charge in [-0.05, 0) is 66.8 Å². The number of benzene rings is 4. The molecule has 4 N–H and O–H groups in total. The zero-order valence-corrected chi connectivity index (χ0v) is 24.2. The molecule has 0 fully saturated rings. The average Bonchev–Trinajstić information content (AvgIpc) is 2.98. The zero-order chi connectivity index (χ0) is 28.8. The third-order valence-corrected chi connectivity index (χ3v) is 9.86. The average molecular weight is 569 g/mol. The van der Waals surface area contributed by atoms with Gasteiger partial charge in [-0.1, -0.05) is 86.6 Å². The van der Waals surface area contributed by atoms with Crippen molar-refractivity contribution < 1.29 is 29.1 Å². The van der Waals surface area contributed by atoms with Gasteiger partial charge in [0.05, 0.1) is 0 Å². The van der Waals surface area contributed by atoms with E-state index in [9.17, 15) is 18.9 Å². The van der Waals surface area contributed by atoms with Gasteiger partial charge < -0.3 is 20.0 Å². The van der Waals surface area contributed by atoms with Crippen LogP contribution < -0.4 is 21.2 Å². The van der Waals surface area contributed by atoms with Gasteiger partial charge in [0, 0.05) is 34.4 Å². The summed E-state index contributed by atoms with van der Waals surface area (Å²) >= 11 is 0. The number of aliphatic hydroxyl groups excluding tert-OH is 2. The molecule has 0 aromatic heterocycles. The van der Waals surface area contributed by atoms with Crippen LogP contribution in [0.1, 0.15) is 26.7 Å². The molecule has 4 aromatic carbocycles. The first-order valence-corrected chi connectivity index (χ1v) is 16.0. The maximum absolute atomic E-state index is 12.2. The molecule has 0 unspecified atom stereocenters. The fourth-order valence-electron chi connectivity index (χ4n) is 3.46. The van der Waals surface area contributed by atoms with Gasteiger partial charge in [0.2, 0.25) is 0 Å². The molecule has 0 atom stereocenters. The summed E-state index contributed by atoms with van der Waals surface area (Å²) in [5.41, 5.74) is -0.0112. The standard InChI is InChI=1S/2C12H11O2P.C7H16O2/c2*13-15(14,11-7-3-1-4-8-11)12-9-5-2-6-10-12;1-7(2,6-9)4-3-5-8/h2*1-10H,(H,13,14);8-9H,3-6H2,1-2H3. The van der Waals surface area contributed by atoms with Crippen LogP contribution in [0.15, 0.2) is 121 Å². The van der Waals surface area contributed by atoms with Crippen molar-refractivity contribution in [2.75, 3.05) is 13.2 Å². The van der Waals surface area contributed by atoms with Crippen LogP contribution in [0.25, 0.3) is 0 Å². The van der Waals surface area contributed by atoms with Crippen molar-refractivity contribution >= 4 is 36.0 Å². The van der Waals surface area contributed by atoms with Gasteiger partial charge in [-0.3, -0.25) is 9.13 Å². The van der Waals surface area contributed by atoms with E-state index in [2.05, 4.69) is 0 Å². The van der Waals surface area contributed by atoms with Crippen LogP contribution in [0, 0.1) is 5.41 Å². The van der Waals surface area contributed by atoms with Crippen molar-refractivity contribution in [2.45, 2.75) is 26.7 Å². The minimum atomic E-state index is -3.40. The molecule has 0 aliphatic heterocycles. The zero-order valence-electron chi connectivity index (χ0n) is 22.4. The lowest BCUT2D eigenvalue weighted by Gasteiger charge is -2.20. The topological polar surface area (TPSA) is 115 Å². The Morgan fingerprint density at radius 3 is 1.00 bits per heavy atom. The Balaban J connectivity index is 0.000000213. The Hall–Kier alpha value is -2.82. The number of hydrogen-bond donors (Lipinski definition) is 4. The third kappa shape index (κ3) is 10.3. The quantitative estimate of drug-likeness (QED) is 0.231. The van der Waals surface area contributed by atoms with E-state index in [1.165, 1.54) is 0 Å². The van der Waals surface area contributed by atoms with E-state index in [-0.39, 0.29) is 18.6 Å². The summed E-state index contributed by atoms with van der Waals surface area (Å²) in [7, 11) is -6.79. The third-order valence-electron chi connectivity index (χ3n) is 5.86. The van der Waals surface area contributed by atoms with E-state index < -0.39 is 14.7 Å². The maximum Gasteiger partial charge on any atom is 0.258 e. The number of hydrogen-bond acceptors (Lipinski definition) is 4. The SMILES string of the molecule is CC(C)(CO)CCCO.O=P(O)(c1ccccc1)c1ccccc1.O=P(O)(c1ccccc1)c1ccccc1. The highest BCUT2D eigenvalue weighted by Crippen LogP contribution is 2.38.